The molecule has 5 heteroatoms. The number of aromatic nitrogens is 1. The van der Waals surface area contributed by atoms with Crippen molar-refractivity contribution in [2.75, 3.05) is 7.11 Å². The minimum atomic E-state index is -1.05. The van der Waals surface area contributed by atoms with Crippen LogP contribution in [0.5, 0.6) is 5.75 Å². The average molecular weight is 287 g/mol. The van der Waals surface area contributed by atoms with Crippen molar-refractivity contribution in [3.63, 3.8) is 0 Å². The van der Waals surface area contributed by atoms with Crippen LogP contribution in [0.1, 0.15) is 29.9 Å². The van der Waals surface area contributed by atoms with Crippen molar-refractivity contribution in [1.82, 2.24) is 5.16 Å². The molecule has 0 fully saturated rings. The Kier molecular flexibility index (Phi) is 3.10. The quantitative estimate of drug-likeness (QED) is 0.918. The zero-order valence-electron chi connectivity index (χ0n) is 12.2. The highest BCUT2D eigenvalue weighted by Gasteiger charge is 2.44. The van der Waals surface area contributed by atoms with Gasteiger partial charge in [-0.15, -0.1) is 0 Å². The van der Waals surface area contributed by atoms with Crippen LogP contribution in [-0.2, 0) is 6.42 Å². The molecule has 1 N–H and O–H groups in total. The molecule has 21 heavy (non-hydrogen) atoms. The molecule has 0 bridgehead atoms. The second kappa shape index (κ2) is 4.70. The summed E-state index contributed by atoms with van der Waals surface area (Å²) in [6.45, 7) is 3.69. The molecule has 0 spiro atoms. The first-order chi connectivity index (χ1) is 9.94. The van der Waals surface area contributed by atoms with E-state index in [-0.39, 0.29) is 5.78 Å². The lowest BCUT2D eigenvalue weighted by Gasteiger charge is -2.32. The lowest BCUT2D eigenvalue weighted by atomic mass is 9.73. The Labute approximate surface area is 122 Å². The summed E-state index contributed by atoms with van der Waals surface area (Å²) in [6, 6.07) is 7.23. The van der Waals surface area contributed by atoms with Gasteiger partial charge in [-0.1, -0.05) is 31.1 Å². The molecule has 110 valence electrons. The maximum absolute atomic E-state index is 12.5. The van der Waals surface area contributed by atoms with Gasteiger partial charge in [-0.3, -0.25) is 4.79 Å². The first-order valence-corrected chi connectivity index (χ1v) is 6.79. The first-order valence-electron chi connectivity index (χ1n) is 6.79. The summed E-state index contributed by atoms with van der Waals surface area (Å²) in [5.41, 5.74) is 1.17. The Bertz CT molecular complexity index is 702. The highest BCUT2D eigenvalue weighted by Crippen LogP contribution is 2.39. The fraction of sp³-hybridized carbons (Fsp3) is 0.375. The van der Waals surface area contributed by atoms with Crippen LogP contribution in [0, 0.1) is 5.41 Å². The van der Waals surface area contributed by atoms with Crippen molar-refractivity contribution in [3.8, 4) is 17.1 Å². The summed E-state index contributed by atoms with van der Waals surface area (Å²) in [5, 5.41) is 14.2. The lowest BCUT2D eigenvalue weighted by molar-refractivity contribution is 0.0335. The molecule has 1 aromatic heterocycles. The van der Waals surface area contributed by atoms with Gasteiger partial charge in [-0.25, -0.2) is 0 Å². The zero-order chi connectivity index (χ0) is 15.2. The van der Waals surface area contributed by atoms with Crippen molar-refractivity contribution < 1.29 is 19.2 Å². The number of nitrogens with zero attached hydrogens (tertiary/aromatic N) is 1. The van der Waals surface area contributed by atoms with E-state index in [1.165, 1.54) is 0 Å². The van der Waals surface area contributed by atoms with Crippen LogP contribution in [-0.4, -0.2) is 29.3 Å². The number of aliphatic hydroxyl groups is 1. The zero-order valence-corrected chi connectivity index (χ0v) is 12.2. The molecule has 0 saturated heterocycles. The highest BCUT2D eigenvalue weighted by molar-refractivity contribution is 6.06. The number of rotatable bonds is 2. The Balaban J connectivity index is 2.12. The number of carbonyl (C=O) groups is 1. The van der Waals surface area contributed by atoms with Crippen LogP contribution in [0.25, 0.3) is 11.3 Å². The van der Waals surface area contributed by atoms with Crippen LogP contribution >= 0.6 is 0 Å². The summed E-state index contributed by atoms with van der Waals surface area (Å²) in [5.74, 6) is 0.727. The molecule has 1 unspecified atom stereocenters. The van der Waals surface area contributed by atoms with Gasteiger partial charge in [-0.2, -0.15) is 0 Å². The molecule has 3 rings (SSSR count). The number of ether oxygens (including phenoxy) is 1. The second-order valence-corrected chi connectivity index (χ2v) is 6.00. The van der Waals surface area contributed by atoms with Crippen molar-refractivity contribution in [1.29, 1.82) is 0 Å². The molecular formula is C16H17NO4. The van der Waals surface area contributed by atoms with E-state index < -0.39 is 11.5 Å². The standard InChI is InChI=1S/C16H17NO4/c1-16(2)8-11-12(13(18)15(16)19)14(21-17-11)9-5-4-6-10(7-9)20-3/h4-7,15,19H,8H2,1-3H3. The second-order valence-electron chi connectivity index (χ2n) is 6.00. The average Bonchev–Trinajstić information content (AvgIpc) is 2.88. The van der Waals surface area contributed by atoms with Crippen LogP contribution in [0.2, 0.25) is 0 Å². The summed E-state index contributed by atoms with van der Waals surface area (Å²) < 4.78 is 10.6. The van der Waals surface area contributed by atoms with Crippen molar-refractivity contribution in [2.45, 2.75) is 26.4 Å². The van der Waals surface area contributed by atoms with Gasteiger partial charge >= 0.3 is 0 Å². The maximum Gasteiger partial charge on any atom is 0.197 e. The smallest absolute Gasteiger partial charge is 0.197 e. The SMILES string of the molecule is COc1cccc(-c2onc3c2C(=O)C(O)C(C)(C)C3)c1. The van der Waals surface area contributed by atoms with Gasteiger partial charge in [0, 0.05) is 17.4 Å². The van der Waals surface area contributed by atoms with Gasteiger partial charge in [0.15, 0.2) is 11.5 Å². The van der Waals surface area contributed by atoms with Gasteiger partial charge in [0.1, 0.15) is 11.9 Å². The van der Waals surface area contributed by atoms with E-state index in [9.17, 15) is 9.90 Å². The number of Topliss-reactive ketones (excluding diaryl/α,β-unsaturated/α-hetero) is 1. The fourth-order valence-electron chi connectivity index (χ4n) is 2.68. The third kappa shape index (κ3) is 2.14. The van der Waals surface area contributed by atoms with Crippen LogP contribution in [0.15, 0.2) is 28.8 Å². The number of carbonyl (C=O) groups excluding carboxylic acids is 1. The van der Waals surface area contributed by atoms with E-state index in [0.29, 0.717) is 34.8 Å². The minimum Gasteiger partial charge on any atom is -0.497 e. The van der Waals surface area contributed by atoms with E-state index in [1.807, 2.05) is 32.0 Å². The number of ketones is 1. The third-order valence-corrected chi connectivity index (χ3v) is 3.95. The van der Waals surface area contributed by atoms with Crippen LogP contribution in [0.3, 0.4) is 0 Å². The van der Waals surface area contributed by atoms with Crippen molar-refractivity contribution in [2.24, 2.45) is 5.41 Å². The lowest BCUT2D eigenvalue weighted by Crippen LogP contribution is -2.42. The fourth-order valence-corrected chi connectivity index (χ4v) is 2.68. The Morgan fingerprint density at radius 1 is 1.43 bits per heavy atom. The molecule has 1 aromatic carbocycles. The largest absolute Gasteiger partial charge is 0.497 e. The van der Waals surface area contributed by atoms with E-state index in [1.54, 1.807) is 13.2 Å². The molecular weight excluding hydrogens is 270 g/mol. The molecule has 1 aliphatic carbocycles. The van der Waals surface area contributed by atoms with Crippen molar-refractivity contribution >= 4 is 5.78 Å². The van der Waals surface area contributed by atoms with Gasteiger partial charge in [0.25, 0.3) is 0 Å². The molecule has 0 radical (unpaired) electrons. The summed E-state index contributed by atoms with van der Waals surface area (Å²) in [6.07, 6.45) is -0.545. The number of benzene rings is 1. The summed E-state index contributed by atoms with van der Waals surface area (Å²) in [4.78, 5) is 12.5. The Morgan fingerprint density at radius 3 is 2.90 bits per heavy atom. The molecule has 1 atom stereocenters. The van der Waals surface area contributed by atoms with E-state index in [0.717, 1.165) is 0 Å². The number of methoxy groups -OCH3 is 1. The topological polar surface area (TPSA) is 72.6 Å². The van der Waals surface area contributed by atoms with Crippen molar-refractivity contribution in [3.05, 3.63) is 35.5 Å². The molecule has 1 heterocycles. The summed E-state index contributed by atoms with van der Waals surface area (Å²) in [7, 11) is 1.58. The number of hydrogen-bond acceptors (Lipinski definition) is 5. The predicted octanol–water partition coefficient (Wildman–Crippen LogP) is 2.48. The summed E-state index contributed by atoms with van der Waals surface area (Å²) >= 11 is 0. The minimum absolute atomic E-state index is 0.333. The molecule has 5 nitrogen and oxygen atoms in total. The first kappa shape index (κ1) is 13.8. The highest BCUT2D eigenvalue weighted by atomic mass is 16.5. The number of aliphatic hydroxyl groups excluding tert-OH is 1. The molecule has 2 aromatic rings. The molecule has 0 saturated carbocycles. The number of hydrogen-bond donors (Lipinski definition) is 1. The monoisotopic (exact) mass is 287 g/mol. The van der Waals surface area contributed by atoms with Gasteiger partial charge in [-0.05, 0) is 12.1 Å². The van der Waals surface area contributed by atoms with E-state index >= 15 is 0 Å². The van der Waals surface area contributed by atoms with E-state index in [4.69, 9.17) is 9.26 Å². The maximum atomic E-state index is 12.5. The van der Waals surface area contributed by atoms with Crippen LogP contribution < -0.4 is 4.74 Å². The Morgan fingerprint density at radius 2 is 2.19 bits per heavy atom. The molecule has 0 amide bonds. The normalized spacial score (nSPS) is 20.2. The predicted molar refractivity (Wildman–Crippen MR) is 76.3 cm³/mol. The van der Waals surface area contributed by atoms with Gasteiger partial charge < -0.3 is 14.4 Å². The van der Waals surface area contributed by atoms with Crippen LogP contribution in [0.4, 0.5) is 0 Å². The number of fused-ring (bicyclic) bond motifs is 1. The third-order valence-electron chi connectivity index (χ3n) is 3.95. The molecule has 0 aliphatic heterocycles. The van der Waals surface area contributed by atoms with E-state index in [2.05, 4.69) is 5.16 Å². The molecule has 1 aliphatic rings. The van der Waals surface area contributed by atoms with Gasteiger partial charge in [0.05, 0.1) is 18.4 Å². The van der Waals surface area contributed by atoms with Gasteiger partial charge in [0.2, 0.25) is 0 Å². The Hall–Kier alpha value is -2.14.